The maximum atomic E-state index is 12.0. The van der Waals surface area contributed by atoms with Gasteiger partial charge < -0.3 is 5.32 Å². The van der Waals surface area contributed by atoms with Crippen molar-refractivity contribution in [1.29, 1.82) is 0 Å². The maximum absolute atomic E-state index is 12.0. The molecule has 0 unspecified atom stereocenters. The molecule has 0 aliphatic rings. The van der Waals surface area contributed by atoms with E-state index in [4.69, 9.17) is 0 Å². The summed E-state index contributed by atoms with van der Waals surface area (Å²) in [5, 5.41) is 6.89. The third-order valence-corrected chi connectivity index (χ3v) is 3.48. The van der Waals surface area contributed by atoms with Gasteiger partial charge in [-0.15, -0.1) is 5.10 Å². The Bertz CT molecular complexity index is 551. The zero-order valence-electron chi connectivity index (χ0n) is 9.98. The van der Waals surface area contributed by atoms with Crippen molar-refractivity contribution in [3.05, 3.63) is 33.6 Å². The number of hydrogen-bond acceptors (Lipinski definition) is 4. The van der Waals surface area contributed by atoms with Crippen LogP contribution in [-0.2, 0) is 0 Å². The maximum Gasteiger partial charge on any atom is 0.265 e. The van der Waals surface area contributed by atoms with Gasteiger partial charge in [-0.25, -0.2) is 0 Å². The van der Waals surface area contributed by atoms with Gasteiger partial charge >= 0.3 is 0 Å². The van der Waals surface area contributed by atoms with Crippen molar-refractivity contribution in [2.75, 3.05) is 0 Å². The Kier molecular flexibility index (Phi) is 4.08. The molecule has 1 heterocycles. The van der Waals surface area contributed by atoms with Crippen molar-refractivity contribution < 1.29 is 4.79 Å². The molecule has 2 aromatic rings. The van der Waals surface area contributed by atoms with Crippen LogP contribution >= 0.6 is 27.5 Å². The summed E-state index contributed by atoms with van der Waals surface area (Å²) in [5.74, 6) is -0.127. The fourth-order valence-electron chi connectivity index (χ4n) is 1.46. The van der Waals surface area contributed by atoms with Gasteiger partial charge in [-0.2, -0.15) is 0 Å². The number of hydrogen-bond donors (Lipinski definition) is 1. The van der Waals surface area contributed by atoms with Crippen LogP contribution in [0.2, 0.25) is 0 Å². The first-order valence-electron chi connectivity index (χ1n) is 5.47. The molecule has 0 aliphatic carbocycles. The molecule has 1 N–H and O–H groups in total. The summed E-state index contributed by atoms with van der Waals surface area (Å²) in [6.45, 7) is 3.84. The second-order valence-electron chi connectivity index (χ2n) is 4.09. The Hall–Kier alpha value is -1.27. The van der Waals surface area contributed by atoms with Gasteiger partial charge in [0.05, 0.1) is 0 Å². The lowest BCUT2D eigenvalue weighted by molar-refractivity contribution is 0.0947. The monoisotopic (exact) mass is 325 g/mol. The fraction of sp³-hybridized carbons (Fsp3) is 0.250. The predicted octanol–water partition coefficient (Wildman–Crippen LogP) is 3.11. The molecule has 1 amide bonds. The molecule has 4 nitrogen and oxygen atoms in total. The van der Waals surface area contributed by atoms with E-state index in [1.807, 2.05) is 38.1 Å². The number of nitrogens with zero attached hydrogens (tertiary/aromatic N) is 2. The number of carbonyl (C=O) groups is 1. The summed E-state index contributed by atoms with van der Waals surface area (Å²) in [7, 11) is 0. The van der Waals surface area contributed by atoms with Gasteiger partial charge in [0.25, 0.3) is 5.91 Å². The van der Waals surface area contributed by atoms with E-state index in [-0.39, 0.29) is 11.9 Å². The van der Waals surface area contributed by atoms with Gasteiger partial charge in [-0.1, -0.05) is 32.6 Å². The van der Waals surface area contributed by atoms with Crippen LogP contribution in [0.15, 0.2) is 28.7 Å². The Morgan fingerprint density at radius 1 is 1.33 bits per heavy atom. The van der Waals surface area contributed by atoms with Crippen LogP contribution in [0.25, 0.3) is 11.3 Å². The molecule has 0 spiro atoms. The summed E-state index contributed by atoms with van der Waals surface area (Å²) in [6, 6.07) is 7.75. The molecule has 0 saturated carbocycles. The lowest BCUT2D eigenvalue weighted by Gasteiger charge is -2.07. The number of benzene rings is 1. The van der Waals surface area contributed by atoms with Gasteiger partial charge in [0.2, 0.25) is 0 Å². The molecular formula is C12H12BrN3OS. The number of aromatic nitrogens is 2. The molecule has 94 valence electrons. The first kappa shape index (κ1) is 13.2. The van der Waals surface area contributed by atoms with Crippen LogP contribution in [-0.4, -0.2) is 21.5 Å². The van der Waals surface area contributed by atoms with Crippen molar-refractivity contribution in [3.8, 4) is 11.3 Å². The van der Waals surface area contributed by atoms with Crippen molar-refractivity contribution >= 4 is 33.4 Å². The van der Waals surface area contributed by atoms with Gasteiger partial charge in [0.15, 0.2) is 0 Å². The minimum absolute atomic E-state index is 0.0948. The minimum atomic E-state index is -0.127. The van der Waals surface area contributed by atoms with E-state index in [1.54, 1.807) is 0 Å². The van der Waals surface area contributed by atoms with Crippen LogP contribution < -0.4 is 5.32 Å². The molecule has 1 aromatic heterocycles. The highest BCUT2D eigenvalue weighted by Gasteiger charge is 2.18. The van der Waals surface area contributed by atoms with E-state index in [0.29, 0.717) is 10.6 Å². The predicted molar refractivity (Wildman–Crippen MR) is 75.6 cm³/mol. The summed E-state index contributed by atoms with van der Waals surface area (Å²) < 4.78 is 4.86. The van der Waals surface area contributed by atoms with Crippen LogP contribution in [0.4, 0.5) is 0 Å². The van der Waals surface area contributed by atoms with E-state index in [0.717, 1.165) is 21.6 Å². The Balaban J connectivity index is 2.33. The van der Waals surface area contributed by atoms with Crippen LogP contribution in [0.3, 0.4) is 0 Å². The third-order valence-electron chi connectivity index (χ3n) is 2.23. The molecular weight excluding hydrogens is 314 g/mol. The quantitative estimate of drug-likeness (QED) is 0.943. The third kappa shape index (κ3) is 2.94. The standard InChI is InChI=1S/C12H12BrN3OS/c1-7(2)14-12(17)11-10(15-16-18-11)8-3-5-9(13)6-4-8/h3-7H,1-2H3,(H,14,17). The van der Waals surface area contributed by atoms with Crippen LogP contribution in [0.5, 0.6) is 0 Å². The zero-order valence-corrected chi connectivity index (χ0v) is 12.4. The lowest BCUT2D eigenvalue weighted by atomic mass is 10.1. The van der Waals surface area contributed by atoms with Crippen molar-refractivity contribution in [3.63, 3.8) is 0 Å². The molecule has 6 heteroatoms. The van der Waals surface area contributed by atoms with Gasteiger partial charge in [-0.05, 0) is 37.5 Å². The van der Waals surface area contributed by atoms with Gasteiger partial charge in [0.1, 0.15) is 10.6 Å². The summed E-state index contributed by atoms with van der Waals surface area (Å²) in [4.78, 5) is 12.5. The molecule has 2 rings (SSSR count). The highest BCUT2D eigenvalue weighted by Crippen LogP contribution is 2.25. The van der Waals surface area contributed by atoms with E-state index in [9.17, 15) is 4.79 Å². The fourth-order valence-corrected chi connectivity index (χ4v) is 2.32. The molecule has 0 atom stereocenters. The first-order valence-corrected chi connectivity index (χ1v) is 7.03. The van der Waals surface area contributed by atoms with Gasteiger partial charge in [0, 0.05) is 16.1 Å². The Labute approximate surface area is 118 Å². The number of nitrogens with one attached hydrogen (secondary N) is 1. The number of amides is 1. The molecule has 0 fully saturated rings. The van der Waals surface area contributed by atoms with E-state index < -0.39 is 0 Å². The average molecular weight is 326 g/mol. The summed E-state index contributed by atoms with van der Waals surface area (Å²) in [6.07, 6.45) is 0. The molecule has 0 saturated heterocycles. The van der Waals surface area contributed by atoms with Crippen molar-refractivity contribution in [1.82, 2.24) is 14.9 Å². The van der Waals surface area contributed by atoms with E-state index >= 15 is 0 Å². The summed E-state index contributed by atoms with van der Waals surface area (Å²) in [5.41, 5.74) is 1.52. The first-order chi connectivity index (χ1) is 8.58. The highest BCUT2D eigenvalue weighted by molar-refractivity contribution is 9.10. The second kappa shape index (κ2) is 5.58. The number of halogens is 1. The molecule has 0 bridgehead atoms. The second-order valence-corrected chi connectivity index (χ2v) is 5.76. The summed E-state index contributed by atoms with van der Waals surface area (Å²) >= 11 is 4.49. The highest BCUT2D eigenvalue weighted by atomic mass is 79.9. The number of rotatable bonds is 3. The van der Waals surface area contributed by atoms with Gasteiger partial charge in [-0.3, -0.25) is 4.79 Å². The zero-order chi connectivity index (χ0) is 13.1. The Morgan fingerprint density at radius 2 is 2.00 bits per heavy atom. The minimum Gasteiger partial charge on any atom is -0.349 e. The topological polar surface area (TPSA) is 54.9 Å². The van der Waals surface area contributed by atoms with Crippen LogP contribution in [0.1, 0.15) is 23.5 Å². The van der Waals surface area contributed by atoms with Crippen molar-refractivity contribution in [2.45, 2.75) is 19.9 Å². The Morgan fingerprint density at radius 3 is 2.61 bits per heavy atom. The SMILES string of the molecule is CC(C)NC(=O)c1snnc1-c1ccc(Br)cc1. The smallest absolute Gasteiger partial charge is 0.265 e. The van der Waals surface area contributed by atoms with Crippen LogP contribution in [0, 0.1) is 0 Å². The molecule has 1 aromatic carbocycles. The molecule has 0 aliphatic heterocycles. The average Bonchev–Trinajstić information content (AvgIpc) is 2.78. The normalized spacial score (nSPS) is 10.7. The largest absolute Gasteiger partial charge is 0.349 e. The molecule has 18 heavy (non-hydrogen) atoms. The lowest BCUT2D eigenvalue weighted by Crippen LogP contribution is -2.29. The number of carbonyl (C=O) groups excluding carboxylic acids is 1. The van der Waals surface area contributed by atoms with Crippen molar-refractivity contribution in [2.24, 2.45) is 0 Å². The molecule has 0 radical (unpaired) electrons. The van der Waals surface area contributed by atoms with E-state index in [1.165, 1.54) is 0 Å². The van der Waals surface area contributed by atoms with E-state index in [2.05, 4.69) is 30.8 Å².